The number of rotatable bonds is 8. The van der Waals surface area contributed by atoms with Gasteiger partial charge in [-0.15, -0.1) is 0 Å². The number of nitrogens with one attached hydrogen (secondary N) is 1. The van der Waals surface area contributed by atoms with Crippen LogP contribution in [0.1, 0.15) is 27.3 Å². The first kappa shape index (κ1) is 22.9. The predicted octanol–water partition coefficient (Wildman–Crippen LogP) is 2.70. The lowest BCUT2D eigenvalue weighted by Gasteiger charge is -2.10. The summed E-state index contributed by atoms with van der Waals surface area (Å²) in [7, 11) is 0. The maximum Gasteiger partial charge on any atom is 0.270 e. The maximum atomic E-state index is 12.6. The van der Waals surface area contributed by atoms with Gasteiger partial charge in [0, 0.05) is 42.4 Å². The molecule has 0 saturated carbocycles. The number of carbonyl (C=O) groups is 1. The van der Waals surface area contributed by atoms with Crippen molar-refractivity contribution in [3.8, 4) is 0 Å². The van der Waals surface area contributed by atoms with E-state index in [2.05, 4.69) is 15.3 Å². The summed E-state index contributed by atoms with van der Waals surface area (Å²) in [5, 5.41) is 14.4. The van der Waals surface area contributed by atoms with E-state index in [-0.39, 0.29) is 29.1 Å². The van der Waals surface area contributed by atoms with E-state index in [0.717, 1.165) is 11.1 Å². The monoisotopic (exact) mass is 482 g/mol. The molecule has 0 fully saturated rings. The van der Waals surface area contributed by atoms with Crippen LogP contribution in [0.3, 0.4) is 0 Å². The molecule has 0 saturated heterocycles. The van der Waals surface area contributed by atoms with E-state index in [1.165, 1.54) is 10.5 Å². The first-order valence-corrected chi connectivity index (χ1v) is 11.4. The summed E-state index contributed by atoms with van der Waals surface area (Å²) in [5.41, 5.74) is 3.07. The highest BCUT2D eigenvalue weighted by Gasteiger charge is 2.21. The van der Waals surface area contributed by atoms with Crippen molar-refractivity contribution in [1.82, 2.24) is 24.1 Å². The Hall–Kier alpha value is -4.86. The van der Waals surface area contributed by atoms with Gasteiger partial charge in [0.15, 0.2) is 0 Å². The average Bonchev–Trinajstić information content (AvgIpc) is 3.29. The molecular weight excluding hydrogens is 460 g/mol. The quantitative estimate of drug-likeness (QED) is 0.268. The predicted molar refractivity (Wildman–Crippen MR) is 132 cm³/mol. The Morgan fingerprint density at radius 1 is 0.944 bits per heavy atom. The average molecular weight is 483 g/mol. The number of pyridine rings is 2. The summed E-state index contributed by atoms with van der Waals surface area (Å²) in [6.07, 6.45) is 5.80. The van der Waals surface area contributed by atoms with Gasteiger partial charge < -0.3 is 9.72 Å². The molecule has 1 N–H and O–H groups in total. The molecule has 0 aliphatic rings. The second kappa shape index (κ2) is 9.79. The molecule has 0 aliphatic carbocycles. The summed E-state index contributed by atoms with van der Waals surface area (Å²) < 4.78 is 3.15. The van der Waals surface area contributed by atoms with Gasteiger partial charge in [0.2, 0.25) is 6.04 Å². The molecule has 4 heterocycles. The molecule has 5 aromatic rings. The van der Waals surface area contributed by atoms with Crippen LogP contribution in [0.5, 0.6) is 0 Å². The number of nitro groups is 1. The number of fused-ring (bicyclic) bond motifs is 2. The third kappa shape index (κ3) is 4.97. The molecule has 10 nitrogen and oxygen atoms in total. The van der Waals surface area contributed by atoms with Crippen molar-refractivity contribution in [1.29, 1.82) is 0 Å². The molecule has 180 valence electrons. The van der Waals surface area contributed by atoms with Crippen LogP contribution < -0.4 is 10.9 Å². The van der Waals surface area contributed by atoms with Crippen LogP contribution in [0.15, 0.2) is 90.1 Å². The van der Waals surface area contributed by atoms with Crippen molar-refractivity contribution in [3.05, 3.63) is 128 Å². The van der Waals surface area contributed by atoms with Crippen molar-refractivity contribution in [3.63, 3.8) is 0 Å². The van der Waals surface area contributed by atoms with Gasteiger partial charge in [0.25, 0.3) is 11.5 Å². The zero-order chi connectivity index (χ0) is 25.1. The number of imidazole rings is 1. The minimum atomic E-state index is -0.745. The SMILES string of the molecule is O=C(NCc1cn2cc(CC(Cc3ccccc3)[N+](=O)[O-])ccc2n1)c1cc(=O)n2ccccc2n1. The van der Waals surface area contributed by atoms with Gasteiger partial charge in [0.1, 0.15) is 17.0 Å². The maximum absolute atomic E-state index is 12.6. The summed E-state index contributed by atoms with van der Waals surface area (Å²) in [6.45, 7) is 0.136. The molecular formula is C26H22N6O4. The van der Waals surface area contributed by atoms with Crippen LogP contribution >= 0.6 is 0 Å². The van der Waals surface area contributed by atoms with Crippen LogP contribution in [0, 0.1) is 10.1 Å². The number of nitrogens with zero attached hydrogens (tertiary/aromatic N) is 5. The Balaban J connectivity index is 1.28. The van der Waals surface area contributed by atoms with E-state index < -0.39 is 11.9 Å². The topological polar surface area (TPSA) is 124 Å². The molecule has 1 aromatic carbocycles. The standard InChI is InChI=1S/C26H22N6O4/c33-25-14-22(29-24-8-4-5-11-31(24)25)26(34)27-15-20-17-30-16-19(9-10-23(30)28-20)13-21(32(35)36)12-18-6-2-1-3-7-18/h1-11,14,16-17,21H,12-13,15H2,(H,27,34). The lowest BCUT2D eigenvalue weighted by atomic mass is 10.0. The van der Waals surface area contributed by atoms with Gasteiger partial charge in [-0.2, -0.15) is 0 Å². The Morgan fingerprint density at radius 2 is 1.72 bits per heavy atom. The first-order chi connectivity index (χ1) is 17.5. The molecule has 0 spiro atoms. The Kier molecular flexibility index (Phi) is 6.23. The summed E-state index contributed by atoms with van der Waals surface area (Å²) in [5.74, 6) is -0.481. The largest absolute Gasteiger partial charge is 0.345 e. The van der Waals surface area contributed by atoms with Gasteiger partial charge in [-0.25, -0.2) is 9.97 Å². The van der Waals surface area contributed by atoms with E-state index in [9.17, 15) is 19.7 Å². The van der Waals surface area contributed by atoms with Crippen LogP contribution in [-0.4, -0.2) is 35.6 Å². The fourth-order valence-electron chi connectivity index (χ4n) is 4.11. The molecule has 0 radical (unpaired) electrons. The molecule has 4 aromatic heterocycles. The third-order valence-corrected chi connectivity index (χ3v) is 5.88. The van der Waals surface area contributed by atoms with Crippen molar-refractivity contribution >= 4 is 17.2 Å². The van der Waals surface area contributed by atoms with Crippen LogP contribution in [-0.2, 0) is 19.4 Å². The normalized spacial score (nSPS) is 12.0. The van der Waals surface area contributed by atoms with Crippen molar-refractivity contribution < 1.29 is 9.72 Å². The number of benzene rings is 1. The zero-order valence-corrected chi connectivity index (χ0v) is 19.2. The highest BCUT2D eigenvalue weighted by Crippen LogP contribution is 2.14. The van der Waals surface area contributed by atoms with E-state index in [1.54, 1.807) is 41.1 Å². The molecule has 5 rings (SSSR count). The van der Waals surface area contributed by atoms with Gasteiger partial charge in [0.05, 0.1) is 12.2 Å². The summed E-state index contributed by atoms with van der Waals surface area (Å²) in [4.78, 5) is 45.0. The molecule has 36 heavy (non-hydrogen) atoms. The minimum absolute atomic E-state index is 0.0292. The molecule has 0 bridgehead atoms. The minimum Gasteiger partial charge on any atom is -0.345 e. The fraction of sp³-hybridized carbons (Fsp3) is 0.154. The summed E-state index contributed by atoms with van der Waals surface area (Å²) in [6, 6.07) is 18.6. The van der Waals surface area contributed by atoms with Gasteiger partial charge in [-0.1, -0.05) is 42.5 Å². The molecule has 1 amide bonds. The molecule has 10 heteroatoms. The Bertz CT molecular complexity index is 1630. The van der Waals surface area contributed by atoms with Gasteiger partial charge in [-0.05, 0) is 29.3 Å². The number of hydrogen-bond donors (Lipinski definition) is 1. The second-order valence-electron chi connectivity index (χ2n) is 8.46. The Labute approximate surface area is 205 Å². The van der Waals surface area contributed by atoms with Crippen molar-refractivity contribution in [2.45, 2.75) is 25.4 Å². The molecule has 0 aliphatic heterocycles. The fourth-order valence-corrected chi connectivity index (χ4v) is 4.11. The van der Waals surface area contributed by atoms with Gasteiger partial charge in [-0.3, -0.25) is 24.1 Å². The lowest BCUT2D eigenvalue weighted by Crippen LogP contribution is -2.27. The van der Waals surface area contributed by atoms with Crippen molar-refractivity contribution in [2.75, 3.05) is 0 Å². The highest BCUT2D eigenvalue weighted by atomic mass is 16.6. The smallest absolute Gasteiger partial charge is 0.270 e. The lowest BCUT2D eigenvalue weighted by molar-refractivity contribution is -0.521. The van der Waals surface area contributed by atoms with Crippen molar-refractivity contribution in [2.24, 2.45) is 0 Å². The van der Waals surface area contributed by atoms with E-state index in [4.69, 9.17) is 0 Å². The second-order valence-corrected chi connectivity index (χ2v) is 8.46. The molecule has 1 unspecified atom stereocenters. The first-order valence-electron chi connectivity index (χ1n) is 11.4. The Morgan fingerprint density at radius 3 is 2.53 bits per heavy atom. The van der Waals surface area contributed by atoms with Gasteiger partial charge >= 0.3 is 0 Å². The highest BCUT2D eigenvalue weighted by molar-refractivity contribution is 5.92. The van der Waals surface area contributed by atoms with E-state index >= 15 is 0 Å². The van der Waals surface area contributed by atoms with Crippen LogP contribution in [0.25, 0.3) is 11.3 Å². The van der Waals surface area contributed by atoms with Crippen LogP contribution in [0.4, 0.5) is 0 Å². The number of hydrogen-bond acceptors (Lipinski definition) is 6. The van der Waals surface area contributed by atoms with E-state index in [1.807, 2.05) is 42.6 Å². The number of carbonyl (C=O) groups excluding carboxylic acids is 1. The number of aromatic nitrogens is 4. The number of amides is 1. The van der Waals surface area contributed by atoms with Crippen LogP contribution in [0.2, 0.25) is 0 Å². The molecule has 1 atom stereocenters. The van der Waals surface area contributed by atoms with E-state index in [0.29, 0.717) is 23.4 Å². The zero-order valence-electron chi connectivity index (χ0n) is 19.2. The summed E-state index contributed by atoms with van der Waals surface area (Å²) >= 11 is 0. The third-order valence-electron chi connectivity index (χ3n) is 5.88.